The molecule has 6 rings (SSSR count). The summed E-state index contributed by atoms with van der Waals surface area (Å²) in [5.41, 5.74) is 4.17. The molecule has 0 radical (unpaired) electrons. The van der Waals surface area contributed by atoms with Crippen LogP contribution in [0.25, 0.3) is 33.3 Å². The smallest absolute Gasteiger partial charge is 0.181 e. The van der Waals surface area contributed by atoms with Crippen molar-refractivity contribution in [3.63, 3.8) is 0 Å². The first-order valence-electron chi connectivity index (χ1n) is 10.3. The average molecular weight is 389 g/mol. The van der Waals surface area contributed by atoms with E-state index in [4.69, 9.17) is 9.52 Å². The van der Waals surface area contributed by atoms with Crippen molar-refractivity contribution >= 4 is 22.0 Å². The van der Waals surface area contributed by atoms with Crippen LogP contribution >= 0.6 is 0 Å². The topological polar surface area (TPSA) is 80.2 Å². The molecule has 0 amide bonds. The summed E-state index contributed by atoms with van der Waals surface area (Å²) in [5, 5.41) is 26.6. The fourth-order valence-electron chi connectivity index (χ4n) is 4.73. The second kappa shape index (κ2) is 6.29. The Balaban J connectivity index is 1.53. The van der Waals surface area contributed by atoms with Crippen molar-refractivity contribution in [2.45, 2.75) is 37.6 Å². The van der Waals surface area contributed by atoms with Gasteiger partial charge >= 0.3 is 0 Å². The Hall–Kier alpha value is -2.93. The molecule has 1 saturated carbocycles. The highest BCUT2D eigenvalue weighted by atomic mass is 16.3. The molecule has 3 aromatic heterocycles. The third-order valence-corrected chi connectivity index (χ3v) is 6.35. The number of hydrogen-bond acceptors (Lipinski definition) is 6. The van der Waals surface area contributed by atoms with E-state index in [9.17, 15) is 5.11 Å². The first kappa shape index (κ1) is 17.0. The number of hydrogen-bond donors (Lipinski definition) is 1. The number of furan rings is 1. The van der Waals surface area contributed by atoms with Crippen LogP contribution in [-0.4, -0.2) is 50.1 Å². The summed E-state index contributed by atoms with van der Waals surface area (Å²) in [6, 6.07) is 5.88. The molecule has 2 fully saturated rings. The number of piperidine rings is 1. The summed E-state index contributed by atoms with van der Waals surface area (Å²) in [6.07, 6.45) is 8.10. The van der Waals surface area contributed by atoms with Gasteiger partial charge in [0.15, 0.2) is 5.65 Å². The van der Waals surface area contributed by atoms with Crippen LogP contribution in [0.4, 0.5) is 0 Å². The molecule has 1 N–H and O–H groups in total. The van der Waals surface area contributed by atoms with Gasteiger partial charge in [0.2, 0.25) is 0 Å². The van der Waals surface area contributed by atoms with Crippen LogP contribution in [0, 0.1) is 0 Å². The highest BCUT2D eigenvalue weighted by Crippen LogP contribution is 2.48. The van der Waals surface area contributed by atoms with Crippen molar-refractivity contribution in [3.05, 3.63) is 36.2 Å². The predicted octanol–water partition coefficient (Wildman–Crippen LogP) is 4.09. The maximum absolute atomic E-state index is 10.9. The van der Waals surface area contributed by atoms with Gasteiger partial charge in [-0.25, -0.2) is 4.68 Å². The van der Waals surface area contributed by atoms with Crippen molar-refractivity contribution in [1.29, 1.82) is 0 Å². The maximum atomic E-state index is 10.9. The van der Waals surface area contributed by atoms with Crippen LogP contribution in [0.1, 0.15) is 43.2 Å². The van der Waals surface area contributed by atoms with Crippen LogP contribution in [0.2, 0.25) is 0 Å². The molecule has 1 aromatic carbocycles. The zero-order chi connectivity index (χ0) is 19.5. The maximum Gasteiger partial charge on any atom is 0.181 e. The third-order valence-electron chi connectivity index (χ3n) is 6.35. The molecule has 7 nitrogen and oxygen atoms in total. The number of phenols is 1. The number of aromatic nitrogens is 4. The minimum absolute atomic E-state index is 0.202. The molecule has 0 bridgehead atoms. The molecule has 148 valence electrons. The van der Waals surface area contributed by atoms with Crippen molar-refractivity contribution in [1.82, 2.24) is 24.9 Å². The predicted molar refractivity (Wildman–Crippen MR) is 110 cm³/mol. The molecule has 1 aliphatic heterocycles. The summed E-state index contributed by atoms with van der Waals surface area (Å²) in [4.78, 5) is 2.35. The van der Waals surface area contributed by atoms with Gasteiger partial charge in [-0.05, 0) is 69.0 Å². The average Bonchev–Trinajstić information content (AvgIpc) is 3.28. The fourth-order valence-corrected chi connectivity index (χ4v) is 4.73. The number of likely N-dealkylation sites (N-methyl/N-ethyl adjacent to an activating group) is 1. The van der Waals surface area contributed by atoms with Crippen LogP contribution in [0.15, 0.2) is 35.1 Å². The van der Waals surface area contributed by atoms with Gasteiger partial charge in [0.05, 0.1) is 23.9 Å². The molecule has 0 spiro atoms. The third kappa shape index (κ3) is 2.64. The molecule has 4 aromatic rings. The number of benzene rings is 1. The molecule has 1 saturated heterocycles. The summed E-state index contributed by atoms with van der Waals surface area (Å²) in [7, 11) is 2.16. The second-order valence-electron chi connectivity index (χ2n) is 8.42. The molecule has 1 atom stereocenters. The van der Waals surface area contributed by atoms with E-state index >= 15 is 0 Å². The number of nitrogens with zero attached hydrogens (tertiary/aromatic N) is 5. The Labute approximate surface area is 167 Å². The molecule has 1 unspecified atom stereocenters. The Kier molecular flexibility index (Phi) is 3.68. The Morgan fingerprint density at radius 2 is 2.00 bits per heavy atom. The minimum atomic E-state index is 0.202. The molecular weight excluding hydrogens is 366 g/mol. The first-order valence-corrected chi connectivity index (χ1v) is 10.3. The fraction of sp³-hybridized carbons (Fsp3) is 0.409. The Morgan fingerprint density at radius 3 is 2.83 bits per heavy atom. The van der Waals surface area contributed by atoms with Gasteiger partial charge in [-0.15, -0.1) is 10.2 Å². The summed E-state index contributed by atoms with van der Waals surface area (Å²) >= 11 is 0. The molecule has 1 aliphatic carbocycles. The Bertz CT molecular complexity index is 1220. The van der Waals surface area contributed by atoms with E-state index in [1.165, 1.54) is 12.0 Å². The van der Waals surface area contributed by atoms with E-state index < -0.39 is 0 Å². The van der Waals surface area contributed by atoms with Crippen LogP contribution in [-0.2, 0) is 0 Å². The van der Waals surface area contributed by atoms with Gasteiger partial charge < -0.3 is 14.4 Å². The highest BCUT2D eigenvalue weighted by Gasteiger charge is 2.33. The summed E-state index contributed by atoms with van der Waals surface area (Å²) in [6.45, 7) is 2.12. The number of phenolic OH excluding ortho intramolecular Hbond substituents is 1. The van der Waals surface area contributed by atoms with E-state index in [1.807, 2.05) is 18.3 Å². The quantitative estimate of drug-likeness (QED) is 0.568. The zero-order valence-electron chi connectivity index (χ0n) is 16.4. The molecular formula is C22H23N5O2. The van der Waals surface area contributed by atoms with E-state index in [-0.39, 0.29) is 5.75 Å². The van der Waals surface area contributed by atoms with E-state index in [0.29, 0.717) is 28.5 Å². The minimum Gasteiger partial charge on any atom is -0.506 e. The van der Waals surface area contributed by atoms with Crippen molar-refractivity contribution in [2.75, 3.05) is 20.1 Å². The van der Waals surface area contributed by atoms with Gasteiger partial charge in [-0.2, -0.15) is 5.10 Å². The highest BCUT2D eigenvalue weighted by molar-refractivity contribution is 5.94. The summed E-state index contributed by atoms with van der Waals surface area (Å²) in [5.74, 6) is 0.655. The lowest BCUT2D eigenvalue weighted by Crippen LogP contribution is -2.34. The Morgan fingerprint density at radius 1 is 1.10 bits per heavy atom. The van der Waals surface area contributed by atoms with Crippen LogP contribution < -0.4 is 0 Å². The van der Waals surface area contributed by atoms with Crippen molar-refractivity contribution in [3.8, 4) is 17.0 Å². The van der Waals surface area contributed by atoms with Crippen molar-refractivity contribution in [2.24, 2.45) is 0 Å². The zero-order valence-corrected chi connectivity index (χ0v) is 16.4. The lowest BCUT2D eigenvalue weighted by atomic mass is 9.98. The van der Waals surface area contributed by atoms with Gasteiger partial charge in [0.25, 0.3) is 0 Å². The molecule has 29 heavy (non-hydrogen) atoms. The largest absolute Gasteiger partial charge is 0.506 e. The SMILES string of the molecule is CN1CCCC(n2ncc3c(C4CC4)c(-c4ccc5occc5c4O)nnc32)C1. The lowest BCUT2D eigenvalue weighted by Gasteiger charge is -2.29. The molecule has 2 aliphatic rings. The van der Waals surface area contributed by atoms with E-state index in [0.717, 1.165) is 49.1 Å². The number of rotatable bonds is 3. The standard InChI is InChI=1S/C22H23N5O2/c1-26-9-2-3-14(12-26)27-22-17(11-23-27)19(13-4-5-13)20(24-25-22)16-6-7-18-15(21(16)28)8-10-29-18/h6-8,10-11,13-14,28H,2-5,9,12H2,1H3. The molecule has 4 heterocycles. The number of aromatic hydroxyl groups is 1. The van der Waals surface area contributed by atoms with Gasteiger partial charge in [0.1, 0.15) is 17.0 Å². The first-order chi connectivity index (χ1) is 14.2. The lowest BCUT2D eigenvalue weighted by molar-refractivity contribution is 0.205. The van der Waals surface area contributed by atoms with E-state index in [1.54, 1.807) is 12.3 Å². The van der Waals surface area contributed by atoms with Crippen LogP contribution in [0.3, 0.4) is 0 Å². The number of fused-ring (bicyclic) bond motifs is 2. The monoisotopic (exact) mass is 389 g/mol. The number of likely N-dealkylation sites (tertiary alicyclic amines) is 1. The van der Waals surface area contributed by atoms with Gasteiger partial charge in [-0.1, -0.05) is 0 Å². The van der Waals surface area contributed by atoms with E-state index in [2.05, 4.69) is 26.8 Å². The molecule has 7 heteroatoms. The van der Waals surface area contributed by atoms with Crippen LogP contribution in [0.5, 0.6) is 5.75 Å². The normalized spacial score (nSPS) is 20.7. The van der Waals surface area contributed by atoms with Gasteiger partial charge in [-0.3, -0.25) is 0 Å². The summed E-state index contributed by atoms with van der Waals surface area (Å²) < 4.78 is 7.48. The van der Waals surface area contributed by atoms with Crippen molar-refractivity contribution < 1.29 is 9.52 Å². The van der Waals surface area contributed by atoms with Gasteiger partial charge in [0, 0.05) is 17.5 Å². The second-order valence-corrected chi connectivity index (χ2v) is 8.42.